The first-order valence-electron chi connectivity index (χ1n) is 8.81. The Hall–Kier alpha value is -1.35. The summed E-state index contributed by atoms with van der Waals surface area (Å²) >= 11 is 0. The summed E-state index contributed by atoms with van der Waals surface area (Å²) in [4.78, 5) is 17.1. The van der Waals surface area contributed by atoms with Gasteiger partial charge in [0.05, 0.1) is 6.04 Å². The minimum Gasteiger partial charge on any atom is -0.341 e. The Morgan fingerprint density at radius 1 is 1.09 bits per heavy atom. The van der Waals surface area contributed by atoms with Gasteiger partial charge in [-0.25, -0.2) is 0 Å². The molecule has 1 aromatic carbocycles. The fourth-order valence-electron chi connectivity index (χ4n) is 3.85. The minimum absolute atomic E-state index is 0.0770. The number of carbonyl (C=O) groups is 1. The SMILES string of the molecule is C[C@@H](C(=O)N1CCC(Cc2ccccc2)CC1)N1CCCC1. The lowest BCUT2D eigenvalue weighted by Crippen LogP contribution is -2.48. The van der Waals surface area contributed by atoms with Crippen LogP contribution < -0.4 is 0 Å². The maximum atomic E-state index is 12.6. The molecule has 0 aromatic heterocycles. The smallest absolute Gasteiger partial charge is 0.239 e. The van der Waals surface area contributed by atoms with Crippen molar-refractivity contribution in [2.45, 2.75) is 45.1 Å². The first-order chi connectivity index (χ1) is 10.7. The van der Waals surface area contributed by atoms with Gasteiger partial charge in [0, 0.05) is 13.1 Å². The average Bonchev–Trinajstić information content (AvgIpc) is 3.10. The van der Waals surface area contributed by atoms with Crippen molar-refractivity contribution in [3.63, 3.8) is 0 Å². The number of hydrogen-bond acceptors (Lipinski definition) is 2. The van der Waals surface area contributed by atoms with Crippen molar-refractivity contribution in [1.29, 1.82) is 0 Å². The molecule has 2 aliphatic rings. The van der Waals surface area contributed by atoms with Gasteiger partial charge < -0.3 is 4.90 Å². The monoisotopic (exact) mass is 300 g/mol. The van der Waals surface area contributed by atoms with Crippen LogP contribution in [0.5, 0.6) is 0 Å². The molecule has 2 aliphatic heterocycles. The van der Waals surface area contributed by atoms with E-state index in [1.165, 1.54) is 18.4 Å². The van der Waals surface area contributed by atoms with E-state index in [-0.39, 0.29) is 6.04 Å². The van der Waals surface area contributed by atoms with Crippen LogP contribution >= 0.6 is 0 Å². The number of hydrogen-bond donors (Lipinski definition) is 0. The van der Waals surface area contributed by atoms with Crippen LogP contribution in [0.4, 0.5) is 0 Å². The molecule has 120 valence electrons. The van der Waals surface area contributed by atoms with Crippen molar-refractivity contribution in [1.82, 2.24) is 9.80 Å². The highest BCUT2D eigenvalue weighted by atomic mass is 16.2. The van der Waals surface area contributed by atoms with Crippen LogP contribution in [-0.2, 0) is 11.2 Å². The Labute approximate surface area is 134 Å². The molecule has 3 rings (SSSR count). The van der Waals surface area contributed by atoms with Gasteiger partial charge in [0.25, 0.3) is 0 Å². The van der Waals surface area contributed by atoms with Crippen LogP contribution in [0, 0.1) is 5.92 Å². The Balaban J connectivity index is 1.47. The zero-order chi connectivity index (χ0) is 15.4. The van der Waals surface area contributed by atoms with E-state index in [2.05, 4.69) is 47.1 Å². The number of rotatable bonds is 4. The molecule has 0 aliphatic carbocycles. The van der Waals surface area contributed by atoms with Gasteiger partial charge in [-0.1, -0.05) is 30.3 Å². The number of benzene rings is 1. The first kappa shape index (κ1) is 15.5. The van der Waals surface area contributed by atoms with Crippen molar-refractivity contribution in [3.8, 4) is 0 Å². The molecule has 22 heavy (non-hydrogen) atoms. The largest absolute Gasteiger partial charge is 0.341 e. The topological polar surface area (TPSA) is 23.6 Å². The Morgan fingerprint density at radius 2 is 1.73 bits per heavy atom. The second kappa shape index (κ2) is 7.28. The Kier molecular flexibility index (Phi) is 5.14. The van der Waals surface area contributed by atoms with E-state index in [1.807, 2.05) is 0 Å². The molecule has 0 N–H and O–H groups in total. The van der Waals surface area contributed by atoms with Crippen LogP contribution in [-0.4, -0.2) is 47.9 Å². The summed E-state index contributed by atoms with van der Waals surface area (Å²) < 4.78 is 0. The quantitative estimate of drug-likeness (QED) is 0.853. The summed E-state index contributed by atoms with van der Waals surface area (Å²) in [5, 5.41) is 0. The van der Waals surface area contributed by atoms with Crippen LogP contribution in [0.15, 0.2) is 30.3 Å². The zero-order valence-electron chi connectivity index (χ0n) is 13.7. The third kappa shape index (κ3) is 3.70. The number of likely N-dealkylation sites (tertiary alicyclic amines) is 2. The van der Waals surface area contributed by atoms with Crippen LogP contribution in [0.1, 0.15) is 38.2 Å². The van der Waals surface area contributed by atoms with Crippen LogP contribution in [0.2, 0.25) is 0 Å². The van der Waals surface area contributed by atoms with E-state index < -0.39 is 0 Å². The van der Waals surface area contributed by atoms with E-state index in [1.54, 1.807) is 0 Å². The minimum atomic E-state index is 0.0770. The lowest BCUT2D eigenvalue weighted by molar-refractivity contribution is -0.137. The van der Waals surface area contributed by atoms with Crippen molar-refractivity contribution in [3.05, 3.63) is 35.9 Å². The highest BCUT2D eigenvalue weighted by molar-refractivity contribution is 5.81. The maximum Gasteiger partial charge on any atom is 0.239 e. The van der Waals surface area contributed by atoms with Gasteiger partial charge >= 0.3 is 0 Å². The summed E-state index contributed by atoms with van der Waals surface area (Å²) in [5.41, 5.74) is 1.43. The van der Waals surface area contributed by atoms with E-state index in [0.717, 1.165) is 51.4 Å². The predicted molar refractivity (Wildman–Crippen MR) is 89.7 cm³/mol. The van der Waals surface area contributed by atoms with Crippen molar-refractivity contribution in [2.24, 2.45) is 5.92 Å². The standard InChI is InChI=1S/C19H28N2O/c1-16(20-11-5-6-12-20)19(22)21-13-9-18(10-14-21)15-17-7-3-2-4-8-17/h2-4,7-8,16,18H,5-6,9-15H2,1H3/t16-/m0/s1. The fourth-order valence-corrected chi connectivity index (χ4v) is 3.85. The van der Waals surface area contributed by atoms with E-state index in [0.29, 0.717) is 5.91 Å². The van der Waals surface area contributed by atoms with E-state index in [4.69, 9.17) is 0 Å². The normalized spacial score (nSPS) is 22.0. The third-order valence-corrected chi connectivity index (χ3v) is 5.34. The molecule has 2 fully saturated rings. The summed E-state index contributed by atoms with van der Waals surface area (Å²) in [5.74, 6) is 1.08. The Bertz CT molecular complexity index is 473. The van der Waals surface area contributed by atoms with Gasteiger partial charge in [0.15, 0.2) is 0 Å². The molecule has 1 atom stereocenters. The molecule has 1 aromatic rings. The van der Waals surface area contributed by atoms with Gasteiger partial charge in [0.2, 0.25) is 5.91 Å². The van der Waals surface area contributed by atoms with Crippen LogP contribution in [0.25, 0.3) is 0 Å². The molecule has 0 bridgehead atoms. The zero-order valence-corrected chi connectivity index (χ0v) is 13.7. The maximum absolute atomic E-state index is 12.6. The number of amides is 1. The van der Waals surface area contributed by atoms with Gasteiger partial charge in [-0.3, -0.25) is 9.69 Å². The fraction of sp³-hybridized carbons (Fsp3) is 0.632. The number of carbonyl (C=O) groups excluding carboxylic acids is 1. The molecule has 2 heterocycles. The molecule has 0 radical (unpaired) electrons. The average molecular weight is 300 g/mol. The summed E-state index contributed by atoms with van der Waals surface area (Å²) in [6.07, 6.45) is 5.94. The highest BCUT2D eigenvalue weighted by Crippen LogP contribution is 2.23. The Morgan fingerprint density at radius 3 is 2.36 bits per heavy atom. The van der Waals surface area contributed by atoms with Gasteiger partial charge in [0.1, 0.15) is 0 Å². The second-order valence-electron chi connectivity index (χ2n) is 6.88. The molecule has 1 amide bonds. The molecule has 2 saturated heterocycles. The van der Waals surface area contributed by atoms with Gasteiger partial charge in [-0.2, -0.15) is 0 Å². The van der Waals surface area contributed by atoms with Gasteiger partial charge in [-0.15, -0.1) is 0 Å². The van der Waals surface area contributed by atoms with Crippen molar-refractivity contribution in [2.75, 3.05) is 26.2 Å². The second-order valence-corrected chi connectivity index (χ2v) is 6.88. The molecule has 0 unspecified atom stereocenters. The predicted octanol–water partition coefficient (Wildman–Crippen LogP) is 2.95. The van der Waals surface area contributed by atoms with Crippen molar-refractivity contribution >= 4 is 5.91 Å². The first-order valence-corrected chi connectivity index (χ1v) is 8.81. The lowest BCUT2D eigenvalue weighted by Gasteiger charge is -2.35. The molecule has 3 nitrogen and oxygen atoms in total. The number of piperidine rings is 1. The lowest BCUT2D eigenvalue weighted by atomic mass is 9.90. The van der Waals surface area contributed by atoms with Crippen molar-refractivity contribution < 1.29 is 4.79 Å². The summed E-state index contributed by atoms with van der Waals surface area (Å²) in [7, 11) is 0. The van der Waals surface area contributed by atoms with E-state index in [9.17, 15) is 4.79 Å². The third-order valence-electron chi connectivity index (χ3n) is 5.34. The summed E-state index contributed by atoms with van der Waals surface area (Å²) in [6.45, 7) is 6.15. The molecule has 0 spiro atoms. The summed E-state index contributed by atoms with van der Waals surface area (Å²) in [6, 6.07) is 10.8. The molecular formula is C19H28N2O. The highest BCUT2D eigenvalue weighted by Gasteiger charge is 2.30. The molecule has 0 saturated carbocycles. The molecule has 3 heteroatoms. The van der Waals surface area contributed by atoms with E-state index >= 15 is 0 Å². The van der Waals surface area contributed by atoms with Crippen LogP contribution in [0.3, 0.4) is 0 Å². The number of nitrogens with zero attached hydrogens (tertiary/aromatic N) is 2. The van der Waals surface area contributed by atoms with Gasteiger partial charge in [-0.05, 0) is 63.6 Å². The molecular weight excluding hydrogens is 272 g/mol.